The van der Waals surface area contributed by atoms with Crippen LogP contribution in [0.1, 0.15) is 18.9 Å². The third-order valence-corrected chi connectivity index (χ3v) is 4.01. The summed E-state index contributed by atoms with van der Waals surface area (Å²) in [5.74, 6) is 0.678. The number of aromatic nitrogens is 2. The van der Waals surface area contributed by atoms with E-state index >= 15 is 0 Å². The molecule has 4 nitrogen and oxygen atoms in total. The van der Waals surface area contributed by atoms with Gasteiger partial charge in [0.2, 0.25) is 0 Å². The molecule has 18 heavy (non-hydrogen) atoms. The molecule has 0 unspecified atom stereocenters. The van der Waals surface area contributed by atoms with Crippen molar-refractivity contribution >= 4 is 27.3 Å². The lowest BCUT2D eigenvalue weighted by Crippen LogP contribution is -2.22. The van der Waals surface area contributed by atoms with Gasteiger partial charge in [0.1, 0.15) is 5.01 Å². The van der Waals surface area contributed by atoms with Crippen LogP contribution in [-0.2, 0) is 6.42 Å². The molecule has 0 atom stereocenters. The SMILES string of the molecule is CC(C)CNCCc1nnc(-c2ccoc2Br)s1. The van der Waals surface area contributed by atoms with Crippen molar-refractivity contribution in [3.05, 3.63) is 22.0 Å². The van der Waals surface area contributed by atoms with Gasteiger partial charge in [0.05, 0.1) is 11.8 Å². The average molecular weight is 330 g/mol. The molecule has 1 N–H and O–H groups in total. The molecule has 0 bridgehead atoms. The summed E-state index contributed by atoms with van der Waals surface area (Å²) in [6, 6.07) is 1.89. The van der Waals surface area contributed by atoms with Gasteiger partial charge in [0.25, 0.3) is 0 Å². The summed E-state index contributed by atoms with van der Waals surface area (Å²) < 4.78 is 5.91. The van der Waals surface area contributed by atoms with E-state index in [0.717, 1.165) is 35.1 Å². The van der Waals surface area contributed by atoms with Crippen molar-refractivity contribution in [3.8, 4) is 10.6 Å². The fourth-order valence-corrected chi connectivity index (χ4v) is 2.92. The van der Waals surface area contributed by atoms with E-state index in [4.69, 9.17) is 4.42 Å². The maximum Gasteiger partial charge on any atom is 0.179 e. The maximum absolute atomic E-state index is 5.20. The predicted octanol–water partition coefficient (Wildman–Crippen LogP) is 3.35. The number of rotatable bonds is 6. The fourth-order valence-electron chi connectivity index (χ4n) is 1.50. The van der Waals surface area contributed by atoms with Crippen LogP contribution in [0.5, 0.6) is 0 Å². The van der Waals surface area contributed by atoms with E-state index in [1.54, 1.807) is 17.6 Å². The molecule has 0 aromatic carbocycles. The Morgan fingerprint density at radius 3 is 2.94 bits per heavy atom. The number of furan rings is 1. The van der Waals surface area contributed by atoms with Gasteiger partial charge in [-0.05, 0) is 34.5 Å². The Morgan fingerprint density at radius 1 is 1.44 bits per heavy atom. The highest BCUT2D eigenvalue weighted by Crippen LogP contribution is 2.31. The van der Waals surface area contributed by atoms with E-state index in [1.165, 1.54) is 0 Å². The first kappa shape index (κ1) is 13.7. The van der Waals surface area contributed by atoms with Crippen molar-refractivity contribution in [2.75, 3.05) is 13.1 Å². The molecule has 6 heteroatoms. The van der Waals surface area contributed by atoms with E-state index in [-0.39, 0.29) is 0 Å². The highest BCUT2D eigenvalue weighted by molar-refractivity contribution is 9.10. The van der Waals surface area contributed by atoms with Gasteiger partial charge in [0.15, 0.2) is 9.68 Å². The Bertz CT molecular complexity index is 495. The quantitative estimate of drug-likeness (QED) is 0.825. The van der Waals surface area contributed by atoms with Crippen LogP contribution in [0, 0.1) is 5.92 Å². The van der Waals surface area contributed by atoms with Crippen molar-refractivity contribution in [3.63, 3.8) is 0 Å². The van der Waals surface area contributed by atoms with Crippen LogP contribution < -0.4 is 5.32 Å². The Hall–Kier alpha value is -0.720. The Labute approximate surface area is 119 Å². The summed E-state index contributed by atoms with van der Waals surface area (Å²) in [5.41, 5.74) is 0.967. The summed E-state index contributed by atoms with van der Waals surface area (Å²) >= 11 is 4.96. The summed E-state index contributed by atoms with van der Waals surface area (Å²) in [6.07, 6.45) is 2.56. The van der Waals surface area contributed by atoms with Gasteiger partial charge >= 0.3 is 0 Å². The molecule has 0 spiro atoms. The molecule has 0 aliphatic heterocycles. The monoisotopic (exact) mass is 329 g/mol. The van der Waals surface area contributed by atoms with E-state index in [2.05, 4.69) is 45.3 Å². The largest absolute Gasteiger partial charge is 0.457 e. The molecule has 2 aromatic heterocycles. The first-order valence-corrected chi connectivity index (χ1v) is 7.54. The van der Waals surface area contributed by atoms with Crippen LogP contribution in [0.4, 0.5) is 0 Å². The zero-order valence-electron chi connectivity index (χ0n) is 10.4. The minimum Gasteiger partial charge on any atom is -0.457 e. The number of hydrogen-bond donors (Lipinski definition) is 1. The summed E-state index contributed by atoms with van der Waals surface area (Å²) in [5, 5.41) is 13.7. The van der Waals surface area contributed by atoms with Crippen LogP contribution in [-0.4, -0.2) is 23.3 Å². The first-order valence-electron chi connectivity index (χ1n) is 5.93. The standard InChI is InChI=1S/C12H16BrN3OS/c1-8(2)7-14-5-3-10-15-16-12(18-10)9-4-6-17-11(9)13/h4,6,8,14H,3,5,7H2,1-2H3. The lowest BCUT2D eigenvalue weighted by atomic mass is 10.2. The van der Waals surface area contributed by atoms with Crippen molar-refractivity contribution in [2.45, 2.75) is 20.3 Å². The highest BCUT2D eigenvalue weighted by Gasteiger charge is 2.11. The van der Waals surface area contributed by atoms with Crippen LogP contribution in [0.3, 0.4) is 0 Å². The summed E-state index contributed by atoms with van der Waals surface area (Å²) in [6.45, 7) is 6.39. The highest BCUT2D eigenvalue weighted by atomic mass is 79.9. The molecule has 0 amide bonds. The molecule has 0 saturated heterocycles. The van der Waals surface area contributed by atoms with Gasteiger partial charge in [-0.25, -0.2) is 0 Å². The summed E-state index contributed by atoms with van der Waals surface area (Å²) in [4.78, 5) is 0. The third-order valence-electron chi connectivity index (χ3n) is 2.38. The Balaban J connectivity index is 1.89. The molecule has 0 radical (unpaired) electrons. The Kier molecular flexibility index (Phi) is 4.91. The van der Waals surface area contributed by atoms with Crippen LogP contribution in [0.15, 0.2) is 21.4 Å². The van der Waals surface area contributed by atoms with E-state index < -0.39 is 0 Å². The molecular formula is C12H16BrN3OS. The lowest BCUT2D eigenvalue weighted by molar-refractivity contribution is 0.542. The van der Waals surface area contributed by atoms with Crippen molar-refractivity contribution < 1.29 is 4.42 Å². The zero-order valence-corrected chi connectivity index (χ0v) is 12.8. The molecule has 0 saturated carbocycles. The minimum atomic E-state index is 0.678. The molecule has 2 rings (SSSR count). The molecule has 0 aliphatic rings. The van der Waals surface area contributed by atoms with E-state index in [9.17, 15) is 0 Å². The second-order valence-corrected chi connectivity index (χ2v) is 6.24. The number of hydrogen-bond acceptors (Lipinski definition) is 5. The Morgan fingerprint density at radius 2 is 2.28 bits per heavy atom. The maximum atomic E-state index is 5.20. The second kappa shape index (κ2) is 6.45. The molecule has 2 heterocycles. The van der Waals surface area contributed by atoms with Crippen molar-refractivity contribution in [1.82, 2.24) is 15.5 Å². The first-order chi connectivity index (χ1) is 8.66. The molecule has 2 aromatic rings. The fraction of sp³-hybridized carbons (Fsp3) is 0.500. The molecular weight excluding hydrogens is 314 g/mol. The normalized spacial score (nSPS) is 11.3. The smallest absolute Gasteiger partial charge is 0.179 e. The zero-order chi connectivity index (χ0) is 13.0. The van der Waals surface area contributed by atoms with Gasteiger partial charge in [-0.2, -0.15) is 0 Å². The van der Waals surface area contributed by atoms with Crippen molar-refractivity contribution in [1.29, 1.82) is 0 Å². The molecule has 0 aliphatic carbocycles. The lowest BCUT2D eigenvalue weighted by Gasteiger charge is -2.04. The summed E-state index contributed by atoms with van der Waals surface area (Å²) in [7, 11) is 0. The van der Waals surface area contributed by atoms with Gasteiger partial charge in [-0.1, -0.05) is 25.2 Å². The molecule has 98 valence electrons. The van der Waals surface area contributed by atoms with E-state index in [1.807, 2.05) is 6.07 Å². The number of halogens is 1. The van der Waals surface area contributed by atoms with Crippen LogP contribution >= 0.6 is 27.3 Å². The second-order valence-electron chi connectivity index (χ2n) is 4.46. The molecule has 0 fully saturated rings. The average Bonchev–Trinajstić information content (AvgIpc) is 2.92. The van der Waals surface area contributed by atoms with Gasteiger partial charge in [0, 0.05) is 13.0 Å². The van der Waals surface area contributed by atoms with Gasteiger partial charge < -0.3 is 9.73 Å². The van der Waals surface area contributed by atoms with Gasteiger partial charge in [-0.15, -0.1) is 10.2 Å². The van der Waals surface area contributed by atoms with Crippen LogP contribution in [0.25, 0.3) is 10.6 Å². The van der Waals surface area contributed by atoms with Crippen molar-refractivity contribution in [2.24, 2.45) is 5.92 Å². The predicted molar refractivity (Wildman–Crippen MR) is 76.7 cm³/mol. The third kappa shape index (κ3) is 3.63. The van der Waals surface area contributed by atoms with E-state index in [0.29, 0.717) is 10.6 Å². The number of nitrogens with zero attached hydrogens (tertiary/aromatic N) is 2. The van der Waals surface area contributed by atoms with Gasteiger partial charge in [-0.3, -0.25) is 0 Å². The van der Waals surface area contributed by atoms with Crippen LogP contribution in [0.2, 0.25) is 0 Å². The number of nitrogens with one attached hydrogen (secondary N) is 1. The minimum absolute atomic E-state index is 0.678. The topological polar surface area (TPSA) is 51.0 Å².